The minimum absolute atomic E-state index is 0.168. The minimum atomic E-state index is -1.50. The molecule has 0 N–H and O–H groups in total. The molecule has 9 rings (SSSR count). The van der Waals surface area contributed by atoms with Crippen molar-refractivity contribution in [2.45, 2.75) is 10.8 Å². The van der Waals surface area contributed by atoms with Crippen LogP contribution in [0.1, 0.15) is 22.3 Å². The van der Waals surface area contributed by atoms with Crippen LogP contribution in [0, 0.1) is 11.8 Å². The van der Waals surface area contributed by atoms with Gasteiger partial charge in [0.2, 0.25) is 11.8 Å². The number of methoxy groups -OCH3 is 2. The summed E-state index contributed by atoms with van der Waals surface area (Å²) in [6, 6.07) is 47.8. The highest BCUT2D eigenvalue weighted by Crippen LogP contribution is 2.74. The van der Waals surface area contributed by atoms with Crippen LogP contribution in [0.4, 0.5) is 5.69 Å². The largest absolute Gasteiger partial charge is 0.497 e. The Bertz CT molecular complexity index is 2270. The smallest absolute Gasteiger partial charge is 0.239 e. The molecular formula is C45H33NO5. The number of imide groups is 1. The Kier molecular flexibility index (Phi) is 6.87. The highest BCUT2D eigenvalue weighted by atomic mass is 16.5. The maximum absolute atomic E-state index is 16.2. The summed E-state index contributed by atoms with van der Waals surface area (Å²) in [5, 5.41) is 1.71. The first-order valence-electron chi connectivity index (χ1n) is 17.0. The molecule has 2 fully saturated rings. The molecular weight excluding hydrogens is 634 g/mol. The van der Waals surface area contributed by atoms with E-state index < -0.39 is 22.7 Å². The third kappa shape index (κ3) is 3.96. The van der Waals surface area contributed by atoms with Gasteiger partial charge in [-0.2, -0.15) is 0 Å². The molecule has 0 spiro atoms. The highest BCUT2D eigenvalue weighted by molar-refractivity contribution is 6.39. The van der Waals surface area contributed by atoms with Gasteiger partial charge >= 0.3 is 0 Å². The summed E-state index contributed by atoms with van der Waals surface area (Å²) in [5.41, 5.74) is 1.87. The Morgan fingerprint density at radius 3 is 1.39 bits per heavy atom. The number of ketones is 1. The van der Waals surface area contributed by atoms with Gasteiger partial charge in [0.1, 0.15) is 11.5 Å². The standard InChI is InChI=1S/C45H33NO5/c1-50-33-24-20-29(21-25-33)37-38(30-22-26-34(51-2)27-23-30)45(32-16-7-4-8-17-32)40-39(44(37,43(45)49)31-14-5-3-6-15-31)41(47)46(42(40)48)36-19-11-13-28-12-9-10-18-35(28)36/h3-27,39-40H,1-2H3/t39-,40+,44-,45+. The molecule has 2 bridgehead atoms. The first-order chi connectivity index (χ1) is 25.0. The maximum Gasteiger partial charge on any atom is 0.239 e. The molecule has 6 heteroatoms. The van der Waals surface area contributed by atoms with E-state index in [0.29, 0.717) is 28.3 Å². The summed E-state index contributed by atoms with van der Waals surface area (Å²) < 4.78 is 11.1. The summed E-state index contributed by atoms with van der Waals surface area (Å²) in [7, 11) is 3.23. The Balaban J connectivity index is 1.44. The molecule has 6 aromatic carbocycles. The van der Waals surface area contributed by atoms with Gasteiger partial charge in [0.15, 0.2) is 5.78 Å². The van der Waals surface area contributed by atoms with Crippen molar-refractivity contribution in [3.8, 4) is 11.5 Å². The Morgan fingerprint density at radius 2 is 0.922 bits per heavy atom. The van der Waals surface area contributed by atoms with E-state index in [1.165, 1.54) is 4.90 Å². The average molecular weight is 668 g/mol. The van der Waals surface area contributed by atoms with Crippen LogP contribution in [-0.2, 0) is 25.2 Å². The third-order valence-corrected chi connectivity index (χ3v) is 11.2. The first-order valence-corrected chi connectivity index (χ1v) is 17.0. The molecule has 0 aromatic heterocycles. The number of anilines is 1. The van der Waals surface area contributed by atoms with Gasteiger partial charge in [-0.25, -0.2) is 4.90 Å². The monoisotopic (exact) mass is 667 g/mol. The summed E-state index contributed by atoms with van der Waals surface area (Å²) in [6.07, 6.45) is 0. The summed E-state index contributed by atoms with van der Waals surface area (Å²) in [6.45, 7) is 0. The fourth-order valence-electron chi connectivity index (χ4n) is 9.28. The van der Waals surface area contributed by atoms with Gasteiger partial charge in [-0.05, 0) is 69.1 Å². The number of amides is 2. The van der Waals surface area contributed by atoms with Gasteiger partial charge in [0.25, 0.3) is 0 Å². The van der Waals surface area contributed by atoms with Crippen molar-refractivity contribution in [3.05, 3.63) is 174 Å². The van der Waals surface area contributed by atoms with Crippen LogP contribution in [0.15, 0.2) is 152 Å². The highest BCUT2D eigenvalue weighted by Gasteiger charge is 2.82. The van der Waals surface area contributed by atoms with E-state index in [9.17, 15) is 0 Å². The van der Waals surface area contributed by atoms with Crippen molar-refractivity contribution in [3.63, 3.8) is 0 Å². The van der Waals surface area contributed by atoms with Gasteiger partial charge in [0, 0.05) is 5.39 Å². The zero-order chi connectivity index (χ0) is 34.9. The van der Waals surface area contributed by atoms with Crippen molar-refractivity contribution in [1.29, 1.82) is 0 Å². The van der Waals surface area contributed by atoms with Gasteiger partial charge in [-0.3, -0.25) is 14.4 Å². The van der Waals surface area contributed by atoms with E-state index in [4.69, 9.17) is 9.47 Å². The van der Waals surface area contributed by atoms with E-state index in [1.807, 2.05) is 152 Å². The van der Waals surface area contributed by atoms with Crippen LogP contribution in [-0.4, -0.2) is 31.8 Å². The number of benzene rings is 6. The third-order valence-electron chi connectivity index (χ3n) is 11.2. The molecule has 2 amide bonds. The van der Waals surface area contributed by atoms with Crippen LogP contribution in [0.3, 0.4) is 0 Å². The normalized spacial score (nSPS) is 23.6. The van der Waals surface area contributed by atoms with Crippen molar-refractivity contribution in [2.24, 2.45) is 11.8 Å². The zero-order valence-corrected chi connectivity index (χ0v) is 28.1. The summed E-state index contributed by atoms with van der Waals surface area (Å²) >= 11 is 0. The molecule has 1 saturated carbocycles. The van der Waals surface area contributed by atoms with Gasteiger partial charge in [0.05, 0.1) is 42.6 Å². The van der Waals surface area contributed by atoms with E-state index in [2.05, 4.69) is 0 Å². The van der Waals surface area contributed by atoms with Crippen molar-refractivity contribution >= 4 is 45.2 Å². The van der Waals surface area contributed by atoms with Crippen molar-refractivity contribution in [2.75, 3.05) is 19.1 Å². The van der Waals surface area contributed by atoms with Gasteiger partial charge in [-0.1, -0.05) is 121 Å². The van der Waals surface area contributed by atoms with Crippen LogP contribution < -0.4 is 14.4 Å². The van der Waals surface area contributed by atoms with E-state index in [0.717, 1.165) is 33.0 Å². The molecule has 0 unspecified atom stereocenters. The Morgan fingerprint density at radius 1 is 0.490 bits per heavy atom. The number of allylic oxidation sites excluding steroid dienone is 2. The second kappa shape index (κ2) is 11.4. The molecule has 6 aromatic rings. The molecule has 51 heavy (non-hydrogen) atoms. The average Bonchev–Trinajstić information content (AvgIpc) is 3.70. The molecule has 1 aliphatic heterocycles. The number of hydrogen-bond acceptors (Lipinski definition) is 5. The molecule has 6 nitrogen and oxygen atoms in total. The van der Waals surface area contributed by atoms with Gasteiger partial charge < -0.3 is 9.47 Å². The lowest BCUT2D eigenvalue weighted by molar-refractivity contribution is -0.130. The number of Topliss-reactive ketones (excluding diaryl/α,β-unsaturated/α-hetero) is 1. The van der Waals surface area contributed by atoms with Crippen molar-refractivity contribution < 1.29 is 23.9 Å². The lowest BCUT2D eigenvalue weighted by Crippen LogP contribution is -2.45. The number of hydrogen-bond donors (Lipinski definition) is 0. The van der Waals surface area contributed by atoms with Crippen LogP contribution >= 0.6 is 0 Å². The summed E-state index contributed by atoms with van der Waals surface area (Å²) in [5.74, 6) is -1.63. The number of carbonyl (C=O) groups is 3. The van der Waals surface area contributed by atoms with Gasteiger partial charge in [-0.15, -0.1) is 0 Å². The maximum atomic E-state index is 16.2. The lowest BCUT2D eigenvalue weighted by atomic mass is 9.59. The molecule has 2 aliphatic carbocycles. The first kappa shape index (κ1) is 30.8. The van der Waals surface area contributed by atoms with E-state index in [-0.39, 0.29) is 17.6 Å². The number of fused-ring (bicyclic) bond motifs is 6. The lowest BCUT2D eigenvalue weighted by Gasteiger charge is -2.39. The Labute approximate surface area is 295 Å². The van der Waals surface area contributed by atoms with Crippen LogP contribution in [0.5, 0.6) is 11.5 Å². The predicted octanol–water partition coefficient (Wildman–Crippen LogP) is 8.05. The number of ether oxygens (including phenoxy) is 2. The van der Waals surface area contributed by atoms with Crippen molar-refractivity contribution in [1.82, 2.24) is 0 Å². The molecule has 248 valence electrons. The second-order valence-electron chi connectivity index (χ2n) is 13.3. The minimum Gasteiger partial charge on any atom is -0.497 e. The second-order valence-corrected chi connectivity index (χ2v) is 13.3. The Hall–Kier alpha value is -6.27. The van der Waals surface area contributed by atoms with Crippen LogP contribution in [0.25, 0.3) is 21.9 Å². The zero-order valence-electron chi connectivity index (χ0n) is 28.1. The fourth-order valence-corrected chi connectivity index (χ4v) is 9.28. The molecule has 1 saturated heterocycles. The summed E-state index contributed by atoms with van der Waals surface area (Å²) in [4.78, 5) is 48.4. The SMILES string of the molecule is COc1ccc(C2=C(c3ccc(OC)cc3)[C@@]3(c4ccccc4)C(=O)[C@]2(c2ccccc2)[C@@H]2C(=O)N(c4cccc5ccccc45)C(=O)[C@@H]23)cc1. The topological polar surface area (TPSA) is 72.9 Å². The number of rotatable bonds is 7. The molecule has 3 aliphatic rings. The quantitative estimate of drug-likeness (QED) is 0.161. The molecule has 1 heterocycles. The fraction of sp³-hybridized carbons (Fsp3) is 0.133. The number of nitrogens with zero attached hydrogens (tertiary/aromatic N) is 1. The molecule has 0 radical (unpaired) electrons. The van der Waals surface area contributed by atoms with Crippen LogP contribution in [0.2, 0.25) is 0 Å². The van der Waals surface area contributed by atoms with E-state index in [1.54, 1.807) is 14.2 Å². The van der Waals surface area contributed by atoms with E-state index >= 15 is 14.4 Å². The number of carbonyl (C=O) groups excluding carboxylic acids is 3. The molecule has 4 atom stereocenters. The predicted molar refractivity (Wildman–Crippen MR) is 197 cm³/mol.